The van der Waals surface area contributed by atoms with Crippen LogP contribution in [0.4, 0.5) is 0 Å². The number of hydrogen-bond donors (Lipinski definition) is 1. The van der Waals surface area contributed by atoms with Crippen LogP contribution in [0.5, 0.6) is 0 Å². The highest BCUT2D eigenvalue weighted by Crippen LogP contribution is 2.13. The Balaban J connectivity index is 0.00000200. The molecule has 2 aromatic rings. The number of carbonyl (C=O) groups excluding carboxylic acids is 1. The molecule has 4 nitrogen and oxygen atoms in total. The van der Waals surface area contributed by atoms with Crippen molar-refractivity contribution in [2.75, 3.05) is 20.1 Å². The van der Waals surface area contributed by atoms with Gasteiger partial charge >= 0.3 is 0 Å². The van der Waals surface area contributed by atoms with Gasteiger partial charge in [0.25, 0.3) is 5.91 Å². The van der Waals surface area contributed by atoms with Gasteiger partial charge in [0, 0.05) is 30.3 Å². The van der Waals surface area contributed by atoms with Crippen molar-refractivity contribution in [1.29, 1.82) is 0 Å². The first-order chi connectivity index (χ1) is 9.20. The standard InChI is InChI=1S/C13H17N3OS2.ClH/c1-16(7-5-10-3-2-8-18-10)13(17)11-9-19-12(15-11)4-6-14;/h2-3,8-9H,4-7,14H2,1H3;1H. The molecule has 0 saturated carbocycles. The van der Waals surface area contributed by atoms with Gasteiger partial charge in [0.2, 0.25) is 0 Å². The van der Waals surface area contributed by atoms with E-state index in [1.807, 2.05) is 18.5 Å². The Morgan fingerprint density at radius 3 is 2.85 bits per heavy atom. The number of likely N-dealkylation sites (N-methyl/N-ethyl adjacent to an activating group) is 1. The number of hydrogen-bond acceptors (Lipinski definition) is 5. The maximum atomic E-state index is 12.2. The van der Waals surface area contributed by atoms with Gasteiger partial charge in [0.1, 0.15) is 5.69 Å². The summed E-state index contributed by atoms with van der Waals surface area (Å²) in [5.41, 5.74) is 6.01. The molecule has 0 atom stereocenters. The Kier molecular flexibility index (Phi) is 7.15. The van der Waals surface area contributed by atoms with Crippen molar-refractivity contribution < 1.29 is 4.79 Å². The number of aromatic nitrogens is 1. The third kappa shape index (κ3) is 4.56. The van der Waals surface area contributed by atoms with Gasteiger partial charge in [-0.2, -0.15) is 0 Å². The van der Waals surface area contributed by atoms with Crippen molar-refractivity contribution in [3.8, 4) is 0 Å². The van der Waals surface area contributed by atoms with Crippen molar-refractivity contribution in [2.45, 2.75) is 12.8 Å². The lowest BCUT2D eigenvalue weighted by molar-refractivity contribution is 0.0791. The molecule has 1 amide bonds. The summed E-state index contributed by atoms with van der Waals surface area (Å²) < 4.78 is 0. The molecule has 0 unspecified atom stereocenters. The maximum absolute atomic E-state index is 12.2. The highest BCUT2D eigenvalue weighted by Gasteiger charge is 2.15. The molecule has 0 aromatic carbocycles. The first-order valence-corrected chi connectivity index (χ1v) is 7.89. The molecule has 0 saturated heterocycles. The van der Waals surface area contributed by atoms with Gasteiger partial charge in [0.15, 0.2) is 0 Å². The predicted molar refractivity (Wildman–Crippen MR) is 87.1 cm³/mol. The number of amides is 1. The van der Waals surface area contributed by atoms with E-state index in [2.05, 4.69) is 16.4 Å². The lowest BCUT2D eigenvalue weighted by Gasteiger charge is -2.15. The third-order valence-electron chi connectivity index (χ3n) is 2.75. The van der Waals surface area contributed by atoms with E-state index in [1.165, 1.54) is 16.2 Å². The van der Waals surface area contributed by atoms with E-state index < -0.39 is 0 Å². The molecule has 0 radical (unpaired) electrons. The SMILES string of the molecule is CN(CCc1cccs1)C(=O)c1csc(CCN)n1.Cl. The molecule has 2 N–H and O–H groups in total. The summed E-state index contributed by atoms with van der Waals surface area (Å²) >= 11 is 3.22. The number of nitrogens with zero attached hydrogens (tertiary/aromatic N) is 2. The first kappa shape index (κ1) is 17.1. The first-order valence-electron chi connectivity index (χ1n) is 6.13. The summed E-state index contributed by atoms with van der Waals surface area (Å²) in [4.78, 5) is 19.5. The second kappa shape index (κ2) is 8.36. The van der Waals surface area contributed by atoms with E-state index in [1.54, 1.807) is 16.2 Å². The average Bonchev–Trinajstić information content (AvgIpc) is 3.06. The van der Waals surface area contributed by atoms with Gasteiger partial charge in [-0.3, -0.25) is 4.79 Å². The molecular formula is C13H18ClN3OS2. The molecule has 0 spiro atoms. The molecule has 2 aromatic heterocycles. The Hall–Kier alpha value is -0.950. The number of nitrogens with two attached hydrogens (primary N) is 1. The quantitative estimate of drug-likeness (QED) is 0.884. The summed E-state index contributed by atoms with van der Waals surface area (Å²) in [6, 6.07) is 4.12. The zero-order chi connectivity index (χ0) is 13.7. The van der Waals surface area contributed by atoms with Crippen molar-refractivity contribution >= 4 is 41.0 Å². The Morgan fingerprint density at radius 1 is 1.40 bits per heavy atom. The number of thiazole rings is 1. The lowest BCUT2D eigenvalue weighted by atomic mass is 10.3. The van der Waals surface area contributed by atoms with Crippen molar-refractivity contribution in [1.82, 2.24) is 9.88 Å². The topological polar surface area (TPSA) is 59.2 Å². The summed E-state index contributed by atoms with van der Waals surface area (Å²) in [6.07, 6.45) is 1.62. The van der Waals surface area contributed by atoms with Crippen LogP contribution in [-0.2, 0) is 12.8 Å². The molecule has 0 aliphatic carbocycles. The molecule has 7 heteroatoms. The molecule has 0 bridgehead atoms. The van der Waals surface area contributed by atoms with E-state index in [9.17, 15) is 4.79 Å². The second-order valence-corrected chi connectivity index (χ2v) is 6.20. The van der Waals surface area contributed by atoms with Crippen LogP contribution in [0.2, 0.25) is 0 Å². The number of carbonyl (C=O) groups is 1. The highest BCUT2D eigenvalue weighted by molar-refractivity contribution is 7.10. The number of thiophene rings is 1. The predicted octanol–water partition coefficient (Wildman–Crippen LogP) is 2.44. The van der Waals surface area contributed by atoms with Gasteiger partial charge in [-0.05, 0) is 24.4 Å². The molecule has 2 rings (SSSR count). The maximum Gasteiger partial charge on any atom is 0.273 e. The molecule has 20 heavy (non-hydrogen) atoms. The lowest BCUT2D eigenvalue weighted by Crippen LogP contribution is -2.29. The zero-order valence-electron chi connectivity index (χ0n) is 11.2. The van der Waals surface area contributed by atoms with Crippen LogP contribution in [0.15, 0.2) is 22.9 Å². The monoisotopic (exact) mass is 331 g/mol. The minimum Gasteiger partial charge on any atom is -0.340 e. The zero-order valence-corrected chi connectivity index (χ0v) is 13.7. The van der Waals surface area contributed by atoms with Crippen molar-refractivity contribution in [3.63, 3.8) is 0 Å². The molecule has 0 aliphatic heterocycles. The van der Waals surface area contributed by atoms with Gasteiger partial charge in [-0.15, -0.1) is 35.1 Å². The van der Waals surface area contributed by atoms with Crippen molar-refractivity contribution in [3.05, 3.63) is 38.5 Å². The van der Waals surface area contributed by atoms with Gasteiger partial charge in [-0.25, -0.2) is 4.98 Å². The fraction of sp³-hybridized carbons (Fsp3) is 0.385. The number of rotatable bonds is 6. The van der Waals surface area contributed by atoms with Gasteiger partial charge < -0.3 is 10.6 Å². The Bertz CT molecular complexity index is 527. The minimum atomic E-state index is -0.0175. The Labute approximate surface area is 133 Å². The summed E-state index contributed by atoms with van der Waals surface area (Å²) in [5, 5.41) is 4.79. The van der Waals surface area contributed by atoms with Crippen LogP contribution in [-0.4, -0.2) is 35.9 Å². The third-order valence-corrected chi connectivity index (χ3v) is 4.59. The summed E-state index contributed by atoms with van der Waals surface area (Å²) in [5.74, 6) is -0.0175. The van der Waals surface area contributed by atoms with Crippen LogP contribution in [0.1, 0.15) is 20.4 Å². The van der Waals surface area contributed by atoms with E-state index in [4.69, 9.17) is 5.73 Å². The molecule has 0 aliphatic rings. The fourth-order valence-corrected chi connectivity index (χ4v) is 3.16. The Morgan fingerprint density at radius 2 is 2.20 bits per heavy atom. The summed E-state index contributed by atoms with van der Waals surface area (Å²) in [6.45, 7) is 1.28. The van der Waals surface area contributed by atoms with Crippen LogP contribution in [0, 0.1) is 0 Å². The minimum absolute atomic E-state index is 0. The fourth-order valence-electron chi connectivity index (χ4n) is 1.68. The molecule has 2 heterocycles. The summed E-state index contributed by atoms with van der Waals surface area (Å²) in [7, 11) is 1.82. The molecule has 0 fully saturated rings. The van der Waals surface area contributed by atoms with E-state index in [-0.39, 0.29) is 18.3 Å². The van der Waals surface area contributed by atoms with E-state index in [0.717, 1.165) is 17.8 Å². The van der Waals surface area contributed by atoms with Gasteiger partial charge in [-0.1, -0.05) is 6.07 Å². The molecular weight excluding hydrogens is 314 g/mol. The van der Waals surface area contributed by atoms with Crippen LogP contribution in [0.25, 0.3) is 0 Å². The van der Waals surface area contributed by atoms with Crippen LogP contribution < -0.4 is 5.73 Å². The molecule has 110 valence electrons. The highest BCUT2D eigenvalue weighted by atomic mass is 35.5. The van der Waals surface area contributed by atoms with E-state index in [0.29, 0.717) is 18.8 Å². The van der Waals surface area contributed by atoms with E-state index >= 15 is 0 Å². The van der Waals surface area contributed by atoms with Crippen LogP contribution in [0.3, 0.4) is 0 Å². The average molecular weight is 332 g/mol. The number of halogens is 1. The normalized spacial score (nSPS) is 10.1. The second-order valence-electron chi connectivity index (χ2n) is 4.22. The van der Waals surface area contributed by atoms with Crippen LogP contribution >= 0.6 is 35.1 Å². The van der Waals surface area contributed by atoms with Gasteiger partial charge in [0.05, 0.1) is 5.01 Å². The smallest absolute Gasteiger partial charge is 0.273 e. The van der Waals surface area contributed by atoms with Crippen molar-refractivity contribution in [2.24, 2.45) is 5.73 Å². The largest absolute Gasteiger partial charge is 0.340 e.